The first-order valence-corrected chi connectivity index (χ1v) is 13.8. The number of methoxy groups -OCH3 is 1. The van der Waals surface area contributed by atoms with Crippen LogP contribution in [0.15, 0.2) is 75.8 Å². The number of phenols is 1. The second-order valence-corrected chi connectivity index (χ2v) is 11.2. The number of halogens is 1. The number of aryl methyl sites for hydroxylation is 1. The van der Waals surface area contributed by atoms with Gasteiger partial charge in [0.05, 0.1) is 29.1 Å². The van der Waals surface area contributed by atoms with Crippen molar-refractivity contribution < 1.29 is 29.0 Å². The van der Waals surface area contributed by atoms with Crippen molar-refractivity contribution in [3.63, 3.8) is 0 Å². The van der Waals surface area contributed by atoms with Gasteiger partial charge in [-0.05, 0) is 76.5 Å². The summed E-state index contributed by atoms with van der Waals surface area (Å²) in [5, 5.41) is 10.2. The molecule has 39 heavy (non-hydrogen) atoms. The van der Waals surface area contributed by atoms with Gasteiger partial charge in [-0.1, -0.05) is 36.8 Å². The number of fused-ring (bicyclic) bond motifs is 3. The van der Waals surface area contributed by atoms with Crippen molar-refractivity contribution in [1.29, 1.82) is 0 Å². The van der Waals surface area contributed by atoms with Gasteiger partial charge >= 0.3 is 0 Å². The van der Waals surface area contributed by atoms with Gasteiger partial charge in [-0.15, -0.1) is 0 Å². The van der Waals surface area contributed by atoms with Crippen molar-refractivity contribution in [3.05, 3.63) is 86.9 Å². The molecule has 0 bridgehead atoms. The number of aromatic hydroxyl groups is 1. The number of hydrogen-bond donors (Lipinski definition) is 1. The zero-order valence-electron chi connectivity index (χ0n) is 21.4. The number of carbonyl (C=O) groups excluding carboxylic acids is 4. The number of hydrogen-bond acceptors (Lipinski definition) is 6. The monoisotopic (exact) mass is 587 g/mol. The summed E-state index contributed by atoms with van der Waals surface area (Å²) < 4.78 is 5.51. The number of allylic oxidation sites excluding steroid dienone is 6. The zero-order chi connectivity index (χ0) is 27.6. The molecule has 1 N–H and O–H groups in total. The third-order valence-corrected chi connectivity index (χ3v) is 9.06. The summed E-state index contributed by atoms with van der Waals surface area (Å²) in [7, 11) is 1.44. The third kappa shape index (κ3) is 3.84. The summed E-state index contributed by atoms with van der Waals surface area (Å²) in [5.74, 6) is -3.11. The van der Waals surface area contributed by atoms with Gasteiger partial charge in [0.2, 0.25) is 11.8 Å². The Labute approximate surface area is 234 Å². The van der Waals surface area contributed by atoms with Crippen LogP contribution in [0.4, 0.5) is 5.69 Å². The summed E-state index contributed by atoms with van der Waals surface area (Å²) in [5.41, 5.74) is 3.91. The Morgan fingerprint density at radius 1 is 1.03 bits per heavy atom. The molecular formula is C31H26BrNO6. The number of ether oxygens (including phenoxy) is 1. The van der Waals surface area contributed by atoms with E-state index in [9.17, 15) is 24.3 Å². The molecule has 198 valence electrons. The van der Waals surface area contributed by atoms with Gasteiger partial charge in [0.15, 0.2) is 23.1 Å². The van der Waals surface area contributed by atoms with E-state index < -0.39 is 23.7 Å². The Balaban J connectivity index is 1.47. The lowest BCUT2D eigenvalue weighted by Gasteiger charge is -2.42. The molecular weight excluding hydrogens is 562 g/mol. The molecule has 7 nitrogen and oxygen atoms in total. The Morgan fingerprint density at radius 2 is 1.77 bits per heavy atom. The smallest absolute Gasteiger partial charge is 0.238 e. The Bertz CT molecular complexity index is 1550. The minimum absolute atomic E-state index is 0.0458. The largest absolute Gasteiger partial charge is 0.504 e. The fourth-order valence-electron chi connectivity index (χ4n) is 6.60. The minimum Gasteiger partial charge on any atom is -0.504 e. The number of amides is 2. The maximum atomic E-state index is 14.0. The van der Waals surface area contributed by atoms with E-state index in [-0.39, 0.29) is 45.8 Å². The van der Waals surface area contributed by atoms with Crippen LogP contribution in [-0.4, -0.2) is 35.6 Å². The summed E-state index contributed by atoms with van der Waals surface area (Å²) >= 11 is 3.24. The van der Waals surface area contributed by atoms with Gasteiger partial charge in [-0.25, -0.2) is 0 Å². The SMILES string of the molecule is CCc1ccc(N2C(=O)[C@H]3[C@H](CC=C4[C@H](c5ccc(O)c(OC)c5)C5=C(C[C@H]43)C(=O)C(Br)=CC5=O)C2=O)cc1. The second-order valence-electron chi connectivity index (χ2n) is 10.4. The normalized spacial score (nSPS) is 26.2. The highest BCUT2D eigenvalue weighted by Gasteiger charge is 2.56. The molecule has 2 aromatic rings. The highest BCUT2D eigenvalue weighted by Crippen LogP contribution is 2.56. The molecule has 0 radical (unpaired) electrons. The number of carbonyl (C=O) groups is 4. The van der Waals surface area contributed by atoms with Crippen LogP contribution >= 0.6 is 15.9 Å². The lowest BCUT2D eigenvalue weighted by Crippen LogP contribution is -2.39. The van der Waals surface area contributed by atoms with Crippen molar-refractivity contribution >= 4 is 45.0 Å². The minimum atomic E-state index is -0.647. The summed E-state index contributed by atoms with van der Waals surface area (Å²) in [6.07, 6.45) is 4.67. The van der Waals surface area contributed by atoms with Crippen molar-refractivity contribution in [3.8, 4) is 11.5 Å². The van der Waals surface area contributed by atoms with Gasteiger partial charge in [-0.3, -0.25) is 24.1 Å². The van der Waals surface area contributed by atoms with Crippen molar-refractivity contribution in [2.45, 2.75) is 32.1 Å². The molecule has 8 heteroatoms. The molecule has 1 heterocycles. The number of ketones is 2. The Kier molecular flexibility index (Phi) is 6.18. The third-order valence-electron chi connectivity index (χ3n) is 8.47. The van der Waals surface area contributed by atoms with E-state index in [1.165, 1.54) is 24.2 Å². The molecule has 6 rings (SSSR count). The highest BCUT2D eigenvalue weighted by molar-refractivity contribution is 9.12. The molecule has 3 aliphatic carbocycles. The number of benzene rings is 2. The van der Waals surface area contributed by atoms with Crippen LogP contribution in [-0.2, 0) is 25.6 Å². The molecule has 4 atom stereocenters. The number of rotatable bonds is 4. The van der Waals surface area contributed by atoms with E-state index in [0.29, 0.717) is 28.8 Å². The predicted octanol–water partition coefficient (Wildman–Crippen LogP) is 4.93. The molecule has 0 saturated carbocycles. The number of nitrogens with zero attached hydrogens (tertiary/aromatic N) is 1. The molecule has 4 aliphatic rings. The topological polar surface area (TPSA) is 101 Å². The highest BCUT2D eigenvalue weighted by atomic mass is 79.9. The first kappa shape index (κ1) is 25.5. The predicted molar refractivity (Wildman–Crippen MR) is 148 cm³/mol. The van der Waals surface area contributed by atoms with Crippen LogP contribution in [0.25, 0.3) is 0 Å². The fourth-order valence-corrected chi connectivity index (χ4v) is 7.04. The molecule has 2 amide bonds. The van der Waals surface area contributed by atoms with Crippen LogP contribution in [0.2, 0.25) is 0 Å². The standard InChI is InChI=1S/C31H26BrNO6/c1-3-15-4-7-17(8-5-15)33-30(37)19-10-9-18-20(27(19)31(33)38)13-21-28(24(35)14-22(32)29(21)36)26(18)16-6-11-23(34)25(12-16)39-2/h4-9,11-12,14,19-20,26-27,34H,3,10,13H2,1-2H3/t19-,20+,26-,27-/m0/s1. The lowest BCUT2D eigenvalue weighted by molar-refractivity contribution is -0.123. The number of phenolic OH excluding ortho intramolecular Hbond substituents is 1. The number of imide groups is 1. The van der Waals surface area contributed by atoms with E-state index in [4.69, 9.17) is 4.74 Å². The molecule has 0 spiro atoms. The first-order chi connectivity index (χ1) is 18.7. The van der Waals surface area contributed by atoms with Gasteiger partial charge < -0.3 is 9.84 Å². The summed E-state index contributed by atoms with van der Waals surface area (Å²) in [6, 6.07) is 12.3. The van der Waals surface area contributed by atoms with Crippen LogP contribution in [0.1, 0.15) is 36.8 Å². The van der Waals surface area contributed by atoms with Crippen LogP contribution in [0, 0.1) is 17.8 Å². The van der Waals surface area contributed by atoms with Crippen molar-refractivity contribution in [1.82, 2.24) is 0 Å². The van der Waals surface area contributed by atoms with E-state index >= 15 is 0 Å². The molecule has 1 saturated heterocycles. The van der Waals surface area contributed by atoms with Gasteiger partial charge in [0, 0.05) is 23.1 Å². The van der Waals surface area contributed by atoms with E-state index in [0.717, 1.165) is 17.6 Å². The van der Waals surface area contributed by atoms with Crippen LogP contribution in [0.3, 0.4) is 0 Å². The number of anilines is 1. The second kappa shape index (κ2) is 9.45. The maximum absolute atomic E-state index is 14.0. The Morgan fingerprint density at radius 3 is 2.46 bits per heavy atom. The lowest BCUT2D eigenvalue weighted by atomic mass is 9.59. The fraction of sp³-hybridized carbons (Fsp3) is 0.290. The molecule has 2 aromatic carbocycles. The average Bonchev–Trinajstić information content (AvgIpc) is 3.20. The molecule has 1 fully saturated rings. The molecule has 1 aliphatic heterocycles. The van der Waals surface area contributed by atoms with Crippen molar-refractivity contribution in [2.24, 2.45) is 17.8 Å². The number of Topliss-reactive ketones (excluding diaryl/α,β-unsaturated/α-hetero) is 1. The zero-order valence-corrected chi connectivity index (χ0v) is 23.0. The first-order valence-electron chi connectivity index (χ1n) is 13.0. The summed E-state index contributed by atoms with van der Waals surface area (Å²) in [4.78, 5) is 55.5. The molecule has 0 aromatic heterocycles. The maximum Gasteiger partial charge on any atom is 0.238 e. The van der Waals surface area contributed by atoms with Crippen molar-refractivity contribution in [2.75, 3.05) is 12.0 Å². The Hall–Kier alpha value is -3.78. The van der Waals surface area contributed by atoms with E-state index in [2.05, 4.69) is 15.9 Å². The van der Waals surface area contributed by atoms with Gasteiger partial charge in [0.1, 0.15) is 0 Å². The van der Waals surface area contributed by atoms with Gasteiger partial charge in [-0.2, -0.15) is 0 Å². The van der Waals surface area contributed by atoms with E-state index in [1.807, 2.05) is 25.1 Å². The molecule has 0 unspecified atom stereocenters. The van der Waals surface area contributed by atoms with Crippen LogP contribution in [0.5, 0.6) is 11.5 Å². The van der Waals surface area contributed by atoms with E-state index in [1.54, 1.807) is 24.3 Å². The van der Waals surface area contributed by atoms with Gasteiger partial charge in [0.25, 0.3) is 0 Å². The van der Waals surface area contributed by atoms with Crippen LogP contribution < -0.4 is 9.64 Å². The summed E-state index contributed by atoms with van der Waals surface area (Å²) in [6.45, 7) is 2.04. The quantitative estimate of drug-likeness (QED) is 0.309. The average molecular weight is 588 g/mol.